The third-order valence-corrected chi connectivity index (χ3v) is 1.99. The molecule has 0 heterocycles. The molecule has 0 saturated heterocycles. The maximum atomic E-state index is 9.87. The van der Waals surface area contributed by atoms with Gasteiger partial charge in [-0.15, -0.1) is 0 Å². The third kappa shape index (κ3) is 31.4. The molecular formula is C12H25NaO4. The first-order valence-corrected chi connectivity index (χ1v) is 5.98. The van der Waals surface area contributed by atoms with Crippen LogP contribution in [0.3, 0.4) is 0 Å². The molecule has 0 unspecified atom stereocenters. The Hall–Kier alpha value is -0.0600. The first kappa shape index (κ1) is 22.1. The van der Waals surface area contributed by atoms with E-state index in [1.807, 2.05) is 0 Å². The van der Waals surface area contributed by atoms with Crippen LogP contribution in [0.2, 0.25) is 0 Å². The van der Waals surface area contributed by atoms with Crippen molar-refractivity contribution >= 4 is 41.5 Å². The number of hydrogen-bond acceptors (Lipinski definition) is 2. The van der Waals surface area contributed by atoms with Gasteiger partial charge in [-0.2, -0.15) is 0 Å². The number of rotatable bonds is 8. The Labute approximate surface area is 126 Å². The second-order valence-electron chi connectivity index (χ2n) is 3.70. The van der Waals surface area contributed by atoms with Gasteiger partial charge in [0.2, 0.25) is 0 Å². The summed E-state index contributed by atoms with van der Waals surface area (Å²) in [4.78, 5) is 19.7. The van der Waals surface area contributed by atoms with E-state index < -0.39 is 11.9 Å². The van der Waals surface area contributed by atoms with Crippen molar-refractivity contribution in [3.63, 3.8) is 0 Å². The number of carbonyl (C=O) groups is 2. The van der Waals surface area contributed by atoms with Crippen molar-refractivity contribution in [2.75, 3.05) is 0 Å². The van der Waals surface area contributed by atoms with Crippen LogP contribution in [-0.2, 0) is 9.59 Å². The van der Waals surface area contributed by atoms with E-state index in [0.29, 0.717) is 12.8 Å². The first-order valence-electron chi connectivity index (χ1n) is 5.98. The average molecular weight is 256 g/mol. The minimum absolute atomic E-state index is 0. The van der Waals surface area contributed by atoms with Crippen LogP contribution >= 0.6 is 0 Å². The predicted octanol–water partition coefficient (Wildman–Crippen LogP) is 2.65. The van der Waals surface area contributed by atoms with Gasteiger partial charge in [-0.1, -0.05) is 39.5 Å². The van der Waals surface area contributed by atoms with E-state index in [0.717, 1.165) is 38.5 Å². The van der Waals surface area contributed by atoms with Crippen molar-refractivity contribution in [1.82, 2.24) is 0 Å². The summed E-state index contributed by atoms with van der Waals surface area (Å²) < 4.78 is 0. The molecule has 0 fully saturated rings. The van der Waals surface area contributed by atoms with E-state index in [9.17, 15) is 9.59 Å². The van der Waals surface area contributed by atoms with E-state index >= 15 is 0 Å². The van der Waals surface area contributed by atoms with Gasteiger partial charge in [-0.3, -0.25) is 9.59 Å². The van der Waals surface area contributed by atoms with E-state index in [1.165, 1.54) is 0 Å². The molecule has 0 amide bonds. The molecule has 0 atom stereocenters. The SMILES string of the molecule is CCCCCC(=O)O.CCCCCC(=O)O.[NaH]. The zero-order valence-corrected chi connectivity index (χ0v) is 10.4. The van der Waals surface area contributed by atoms with Gasteiger partial charge in [-0.05, 0) is 12.8 Å². The van der Waals surface area contributed by atoms with Crippen LogP contribution in [-0.4, -0.2) is 51.7 Å². The van der Waals surface area contributed by atoms with Gasteiger partial charge in [0, 0.05) is 12.8 Å². The van der Waals surface area contributed by atoms with Crippen LogP contribution in [0, 0.1) is 0 Å². The van der Waals surface area contributed by atoms with Gasteiger partial charge in [0.25, 0.3) is 0 Å². The molecule has 0 saturated carbocycles. The van der Waals surface area contributed by atoms with Crippen LogP contribution in [0.5, 0.6) is 0 Å². The zero-order chi connectivity index (χ0) is 12.8. The fourth-order valence-corrected chi connectivity index (χ4v) is 1.05. The zero-order valence-electron chi connectivity index (χ0n) is 10.4. The quantitative estimate of drug-likeness (QED) is 0.517. The second-order valence-corrected chi connectivity index (χ2v) is 3.70. The molecule has 0 aromatic heterocycles. The molecule has 0 aliphatic heterocycles. The van der Waals surface area contributed by atoms with Crippen LogP contribution in [0.25, 0.3) is 0 Å². The summed E-state index contributed by atoms with van der Waals surface area (Å²) in [6.07, 6.45) is 6.55. The number of carboxylic acids is 2. The molecule has 4 nitrogen and oxygen atoms in total. The van der Waals surface area contributed by atoms with Crippen LogP contribution in [0.4, 0.5) is 0 Å². The van der Waals surface area contributed by atoms with Gasteiger partial charge < -0.3 is 10.2 Å². The minimum atomic E-state index is -0.682. The first-order chi connectivity index (χ1) is 7.54. The average Bonchev–Trinajstić information content (AvgIpc) is 2.18. The summed E-state index contributed by atoms with van der Waals surface area (Å²) in [6.45, 7) is 4.11. The summed E-state index contributed by atoms with van der Waals surface area (Å²) in [5.74, 6) is -1.36. The summed E-state index contributed by atoms with van der Waals surface area (Å²) in [7, 11) is 0. The molecule has 2 N–H and O–H groups in total. The number of aliphatic carboxylic acids is 2. The second kappa shape index (κ2) is 18.3. The number of unbranched alkanes of at least 4 members (excludes halogenated alkanes) is 4. The van der Waals surface area contributed by atoms with Crippen molar-refractivity contribution < 1.29 is 19.8 Å². The van der Waals surface area contributed by atoms with Crippen molar-refractivity contribution in [3.05, 3.63) is 0 Å². The maximum absolute atomic E-state index is 9.87. The van der Waals surface area contributed by atoms with Crippen LogP contribution < -0.4 is 0 Å². The number of carboxylic acid groups (broad SMARTS) is 2. The van der Waals surface area contributed by atoms with Crippen molar-refractivity contribution in [3.8, 4) is 0 Å². The van der Waals surface area contributed by atoms with E-state index in [2.05, 4.69) is 13.8 Å². The molecule has 0 aromatic rings. The molecule has 5 heteroatoms. The summed E-state index contributed by atoms with van der Waals surface area (Å²) in [5, 5.41) is 16.3. The van der Waals surface area contributed by atoms with Gasteiger partial charge >= 0.3 is 41.5 Å². The Kier molecular flexibility index (Phi) is 23.9. The molecular weight excluding hydrogens is 231 g/mol. The Morgan fingerprint density at radius 3 is 1.24 bits per heavy atom. The summed E-state index contributed by atoms with van der Waals surface area (Å²) >= 11 is 0. The molecule has 0 rings (SSSR count). The standard InChI is InChI=1S/2C6H12O2.Na.H/c2*1-2-3-4-5-6(7)8;;/h2*2-5H2,1H3,(H,7,8);;. The molecule has 0 aliphatic rings. The van der Waals surface area contributed by atoms with Crippen molar-refractivity contribution in [2.45, 2.75) is 65.2 Å². The molecule has 0 spiro atoms. The number of hydrogen-bond donors (Lipinski definition) is 2. The Morgan fingerprint density at radius 1 is 0.765 bits per heavy atom. The van der Waals surface area contributed by atoms with Crippen molar-refractivity contribution in [1.29, 1.82) is 0 Å². The normalized spacial score (nSPS) is 8.59. The van der Waals surface area contributed by atoms with Crippen molar-refractivity contribution in [2.24, 2.45) is 0 Å². The van der Waals surface area contributed by atoms with Gasteiger partial charge in [-0.25, -0.2) is 0 Å². The summed E-state index contributed by atoms with van der Waals surface area (Å²) in [5.41, 5.74) is 0. The predicted molar refractivity (Wildman–Crippen MR) is 70.7 cm³/mol. The Morgan fingerprint density at radius 2 is 1.06 bits per heavy atom. The van der Waals surface area contributed by atoms with E-state index in [-0.39, 0.29) is 29.6 Å². The molecule has 0 aliphatic carbocycles. The fourth-order valence-electron chi connectivity index (χ4n) is 1.05. The molecule has 0 radical (unpaired) electrons. The van der Waals surface area contributed by atoms with Gasteiger partial charge in [0.05, 0.1) is 0 Å². The molecule has 0 bridgehead atoms. The van der Waals surface area contributed by atoms with Gasteiger partial charge in [0.1, 0.15) is 0 Å². The van der Waals surface area contributed by atoms with E-state index in [1.54, 1.807) is 0 Å². The van der Waals surface area contributed by atoms with Crippen LogP contribution in [0.15, 0.2) is 0 Å². The fraction of sp³-hybridized carbons (Fsp3) is 0.833. The Bertz CT molecular complexity index is 163. The Balaban J connectivity index is -0.000000218. The molecule has 17 heavy (non-hydrogen) atoms. The topological polar surface area (TPSA) is 74.6 Å². The van der Waals surface area contributed by atoms with Crippen LogP contribution in [0.1, 0.15) is 65.2 Å². The molecule has 98 valence electrons. The van der Waals surface area contributed by atoms with E-state index in [4.69, 9.17) is 10.2 Å². The summed E-state index contributed by atoms with van der Waals surface area (Å²) in [6, 6.07) is 0. The monoisotopic (exact) mass is 256 g/mol. The molecule has 0 aromatic carbocycles. The van der Waals surface area contributed by atoms with Gasteiger partial charge in [0.15, 0.2) is 0 Å². The third-order valence-electron chi connectivity index (χ3n) is 1.99.